The van der Waals surface area contributed by atoms with E-state index in [1.165, 1.54) is 4.31 Å². The zero-order valence-corrected chi connectivity index (χ0v) is 13.2. The van der Waals surface area contributed by atoms with Gasteiger partial charge in [-0.2, -0.15) is 28.8 Å². The summed E-state index contributed by atoms with van der Waals surface area (Å²) in [6.07, 6.45) is 4.06. The number of thioether (sulfide) groups is 1. The number of nitrogens with one attached hydrogen (secondary N) is 1. The highest BCUT2D eigenvalue weighted by Gasteiger charge is 2.31. The van der Waals surface area contributed by atoms with E-state index in [4.69, 9.17) is 0 Å². The summed E-state index contributed by atoms with van der Waals surface area (Å²) in [4.78, 5) is 0. The maximum absolute atomic E-state index is 12.4. The first-order valence-electron chi connectivity index (χ1n) is 6.37. The van der Waals surface area contributed by atoms with Crippen molar-refractivity contribution in [2.45, 2.75) is 12.8 Å². The van der Waals surface area contributed by atoms with Crippen molar-refractivity contribution < 1.29 is 8.42 Å². The zero-order chi connectivity index (χ0) is 13.6. The Morgan fingerprint density at radius 3 is 2.83 bits per heavy atom. The summed E-state index contributed by atoms with van der Waals surface area (Å²) < 4.78 is 27.8. The number of piperidine rings is 1. The van der Waals surface area contributed by atoms with Crippen LogP contribution in [0.25, 0.3) is 0 Å². The van der Waals surface area contributed by atoms with E-state index in [1.807, 2.05) is 13.3 Å². The predicted octanol–water partition coefficient (Wildman–Crippen LogP) is 0.457. The minimum atomic E-state index is -3.26. The van der Waals surface area contributed by atoms with Crippen molar-refractivity contribution >= 4 is 22.0 Å². The van der Waals surface area contributed by atoms with Crippen LogP contribution in [-0.2, 0) is 10.2 Å². The molecule has 0 amide bonds. The van der Waals surface area contributed by atoms with Crippen LogP contribution in [0, 0.1) is 5.92 Å². The molecule has 1 aliphatic rings. The molecule has 0 radical (unpaired) electrons. The Morgan fingerprint density at radius 1 is 1.50 bits per heavy atom. The summed E-state index contributed by atoms with van der Waals surface area (Å²) in [5, 5.41) is 3.13. The number of hydrogen-bond donors (Lipinski definition) is 1. The molecule has 0 bridgehead atoms. The van der Waals surface area contributed by atoms with Crippen LogP contribution in [0.15, 0.2) is 0 Å². The SMILES string of the molecule is CNCC1CCCN(S(=O)(=O)N(C)CCSC)C1. The molecule has 0 spiro atoms. The van der Waals surface area contributed by atoms with E-state index in [1.54, 1.807) is 23.1 Å². The third kappa shape index (κ3) is 4.38. The molecule has 1 heterocycles. The van der Waals surface area contributed by atoms with Crippen molar-refractivity contribution in [3.8, 4) is 0 Å². The summed E-state index contributed by atoms with van der Waals surface area (Å²) in [5.41, 5.74) is 0. The van der Waals surface area contributed by atoms with Crippen molar-refractivity contribution in [1.82, 2.24) is 13.9 Å². The van der Waals surface area contributed by atoms with E-state index in [-0.39, 0.29) is 0 Å². The molecule has 1 rings (SSSR count). The Kier molecular flexibility index (Phi) is 6.94. The molecule has 1 unspecified atom stereocenters. The highest BCUT2D eigenvalue weighted by atomic mass is 32.2. The molecule has 0 aromatic heterocycles. The van der Waals surface area contributed by atoms with Crippen LogP contribution in [0.4, 0.5) is 0 Å². The Morgan fingerprint density at radius 2 is 2.22 bits per heavy atom. The lowest BCUT2D eigenvalue weighted by molar-refractivity contribution is 0.250. The largest absolute Gasteiger partial charge is 0.319 e. The molecule has 0 aromatic rings. The first-order valence-corrected chi connectivity index (χ1v) is 9.16. The van der Waals surface area contributed by atoms with Crippen LogP contribution in [0.1, 0.15) is 12.8 Å². The molecule has 1 aliphatic heterocycles. The van der Waals surface area contributed by atoms with Crippen molar-refractivity contribution in [2.75, 3.05) is 52.3 Å². The summed E-state index contributed by atoms with van der Waals surface area (Å²) in [7, 11) is 0.329. The predicted molar refractivity (Wildman–Crippen MR) is 78.2 cm³/mol. The molecule has 0 saturated carbocycles. The fraction of sp³-hybridized carbons (Fsp3) is 1.00. The normalized spacial score (nSPS) is 22.6. The van der Waals surface area contributed by atoms with Crippen molar-refractivity contribution in [1.29, 1.82) is 0 Å². The van der Waals surface area contributed by atoms with Gasteiger partial charge in [0, 0.05) is 32.4 Å². The monoisotopic (exact) mass is 295 g/mol. The van der Waals surface area contributed by atoms with Gasteiger partial charge >= 0.3 is 0 Å². The molecular weight excluding hydrogens is 270 g/mol. The lowest BCUT2D eigenvalue weighted by atomic mass is 10.00. The average Bonchev–Trinajstić information content (AvgIpc) is 2.36. The summed E-state index contributed by atoms with van der Waals surface area (Å²) in [6.45, 7) is 2.77. The standard InChI is InChI=1S/C11H25N3O2S2/c1-12-9-11-5-4-6-14(10-11)18(15,16)13(2)7-8-17-3/h11-12H,4-10H2,1-3H3. The molecule has 18 heavy (non-hydrogen) atoms. The molecule has 108 valence electrons. The first-order chi connectivity index (χ1) is 8.52. The average molecular weight is 295 g/mol. The van der Waals surface area contributed by atoms with Crippen LogP contribution in [0.2, 0.25) is 0 Å². The lowest BCUT2D eigenvalue weighted by Gasteiger charge is -2.34. The van der Waals surface area contributed by atoms with Crippen molar-refractivity contribution in [3.05, 3.63) is 0 Å². The summed E-state index contributed by atoms with van der Waals surface area (Å²) in [5.74, 6) is 1.27. The van der Waals surface area contributed by atoms with Gasteiger partial charge < -0.3 is 5.32 Å². The fourth-order valence-corrected chi connectivity index (χ4v) is 4.27. The molecule has 1 N–H and O–H groups in total. The Bertz CT molecular complexity index is 333. The minimum absolute atomic E-state index is 0.437. The highest BCUT2D eigenvalue weighted by molar-refractivity contribution is 7.98. The smallest absolute Gasteiger partial charge is 0.281 e. The molecule has 1 saturated heterocycles. The van der Waals surface area contributed by atoms with Gasteiger partial charge in [-0.15, -0.1) is 0 Å². The second kappa shape index (κ2) is 7.69. The fourth-order valence-electron chi connectivity index (χ4n) is 2.22. The van der Waals surface area contributed by atoms with E-state index in [0.717, 1.165) is 25.1 Å². The topological polar surface area (TPSA) is 52.7 Å². The van der Waals surface area contributed by atoms with Gasteiger partial charge in [0.2, 0.25) is 0 Å². The van der Waals surface area contributed by atoms with Gasteiger partial charge in [-0.1, -0.05) is 0 Å². The van der Waals surface area contributed by atoms with Crippen LogP contribution in [0.3, 0.4) is 0 Å². The summed E-state index contributed by atoms with van der Waals surface area (Å²) >= 11 is 1.67. The number of rotatable bonds is 7. The van der Waals surface area contributed by atoms with E-state index >= 15 is 0 Å². The van der Waals surface area contributed by atoms with Crippen LogP contribution in [0.5, 0.6) is 0 Å². The van der Waals surface area contributed by atoms with Crippen molar-refractivity contribution in [3.63, 3.8) is 0 Å². The van der Waals surface area contributed by atoms with Gasteiger partial charge in [0.1, 0.15) is 0 Å². The van der Waals surface area contributed by atoms with E-state index in [9.17, 15) is 8.42 Å². The Labute approximate surface area is 115 Å². The van der Waals surface area contributed by atoms with Crippen molar-refractivity contribution in [2.24, 2.45) is 5.92 Å². The highest BCUT2D eigenvalue weighted by Crippen LogP contribution is 2.20. The second-order valence-corrected chi connectivity index (χ2v) is 7.77. The molecule has 0 aromatic carbocycles. The van der Waals surface area contributed by atoms with Gasteiger partial charge in [-0.05, 0) is 38.6 Å². The molecule has 7 heteroatoms. The van der Waals surface area contributed by atoms with Gasteiger partial charge in [0.05, 0.1) is 0 Å². The molecule has 0 aliphatic carbocycles. The van der Waals surface area contributed by atoms with Crippen LogP contribution >= 0.6 is 11.8 Å². The number of hydrogen-bond acceptors (Lipinski definition) is 4. The molecular formula is C11H25N3O2S2. The van der Waals surface area contributed by atoms with E-state index < -0.39 is 10.2 Å². The van der Waals surface area contributed by atoms with Gasteiger partial charge in [-0.3, -0.25) is 0 Å². The van der Waals surface area contributed by atoms with Gasteiger partial charge in [0.15, 0.2) is 0 Å². The second-order valence-electron chi connectivity index (χ2n) is 4.75. The van der Waals surface area contributed by atoms with E-state index in [0.29, 0.717) is 25.6 Å². The molecule has 1 fully saturated rings. The molecule has 5 nitrogen and oxygen atoms in total. The van der Waals surface area contributed by atoms with Gasteiger partial charge in [-0.25, -0.2) is 0 Å². The Hall–Kier alpha value is 0.180. The molecule has 1 atom stereocenters. The first kappa shape index (κ1) is 16.2. The lowest BCUT2D eigenvalue weighted by Crippen LogP contribution is -2.48. The third-order valence-electron chi connectivity index (χ3n) is 3.30. The van der Waals surface area contributed by atoms with E-state index in [2.05, 4.69) is 5.32 Å². The maximum Gasteiger partial charge on any atom is 0.281 e. The number of nitrogens with zero attached hydrogens (tertiary/aromatic N) is 2. The van der Waals surface area contributed by atoms with Gasteiger partial charge in [0.25, 0.3) is 10.2 Å². The zero-order valence-electron chi connectivity index (χ0n) is 11.6. The van der Waals surface area contributed by atoms with Crippen LogP contribution < -0.4 is 5.32 Å². The third-order valence-corrected chi connectivity index (χ3v) is 5.85. The quantitative estimate of drug-likeness (QED) is 0.741. The minimum Gasteiger partial charge on any atom is -0.319 e. The summed E-state index contributed by atoms with van der Waals surface area (Å²) in [6, 6.07) is 0. The van der Waals surface area contributed by atoms with Crippen LogP contribution in [-0.4, -0.2) is 69.3 Å². The Balaban J connectivity index is 2.60. The maximum atomic E-state index is 12.4.